The van der Waals surface area contributed by atoms with Crippen LogP contribution in [0.5, 0.6) is 5.75 Å². The lowest BCUT2D eigenvalue weighted by molar-refractivity contribution is -0.127. The number of para-hydroxylation sites is 1. The van der Waals surface area contributed by atoms with Crippen molar-refractivity contribution >= 4 is 21.8 Å². The molecule has 20 heavy (non-hydrogen) atoms. The third kappa shape index (κ3) is 4.06. The Morgan fingerprint density at radius 1 is 1.30 bits per heavy atom. The van der Waals surface area contributed by atoms with E-state index in [1.54, 1.807) is 13.1 Å². The molecule has 1 heterocycles. The standard InChI is InChI=1S/C15H15BrN2O2/c1-11(20-14-8-3-2-7-13(14)16)15(19)18-10-12-6-4-5-9-17-12/h2-9,11H,10H2,1H3,(H,18,19)/t11-/m1/s1. The molecule has 1 aromatic carbocycles. The zero-order valence-corrected chi connectivity index (χ0v) is 12.6. The highest BCUT2D eigenvalue weighted by molar-refractivity contribution is 9.10. The van der Waals surface area contributed by atoms with E-state index in [1.807, 2.05) is 42.5 Å². The lowest BCUT2D eigenvalue weighted by Crippen LogP contribution is -2.36. The van der Waals surface area contributed by atoms with Gasteiger partial charge in [0.05, 0.1) is 16.7 Å². The predicted octanol–water partition coefficient (Wildman–Crippen LogP) is 2.93. The van der Waals surface area contributed by atoms with Crippen LogP contribution in [-0.4, -0.2) is 17.0 Å². The number of carbonyl (C=O) groups is 1. The zero-order valence-electron chi connectivity index (χ0n) is 11.0. The van der Waals surface area contributed by atoms with Crippen LogP contribution >= 0.6 is 15.9 Å². The fourth-order valence-electron chi connectivity index (χ4n) is 1.61. The van der Waals surface area contributed by atoms with Crippen LogP contribution in [0.25, 0.3) is 0 Å². The first kappa shape index (κ1) is 14.5. The van der Waals surface area contributed by atoms with Crippen molar-refractivity contribution in [3.05, 3.63) is 58.8 Å². The van der Waals surface area contributed by atoms with Crippen molar-refractivity contribution in [2.45, 2.75) is 19.6 Å². The first-order valence-corrected chi connectivity index (χ1v) is 7.05. The molecule has 1 N–H and O–H groups in total. The summed E-state index contributed by atoms with van der Waals surface area (Å²) in [5, 5.41) is 2.80. The summed E-state index contributed by atoms with van der Waals surface area (Å²) in [6.45, 7) is 2.11. The van der Waals surface area contributed by atoms with Crippen molar-refractivity contribution in [2.75, 3.05) is 0 Å². The smallest absolute Gasteiger partial charge is 0.261 e. The van der Waals surface area contributed by atoms with Gasteiger partial charge in [-0.15, -0.1) is 0 Å². The maximum absolute atomic E-state index is 12.0. The second-order valence-corrected chi connectivity index (χ2v) is 5.08. The van der Waals surface area contributed by atoms with Gasteiger partial charge in [-0.25, -0.2) is 0 Å². The highest BCUT2D eigenvalue weighted by Gasteiger charge is 2.15. The molecule has 1 aromatic heterocycles. The molecule has 5 heteroatoms. The summed E-state index contributed by atoms with van der Waals surface area (Å²) >= 11 is 3.38. The van der Waals surface area contributed by atoms with Gasteiger partial charge >= 0.3 is 0 Å². The number of nitrogens with zero attached hydrogens (tertiary/aromatic N) is 1. The van der Waals surface area contributed by atoms with E-state index in [9.17, 15) is 4.79 Å². The topological polar surface area (TPSA) is 51.2 Å². The monoisotopic (exact) mass is 334 g/mol. The Hall–Kier alpha value is -1.88. The lowest BCUT2D eigenvalue weighted by Gasteiger charge is -2.15. The van der Waals surface area contributed by atoms with Crippen molar-refractivity contribution in [3.63, 3.8) is 0 Å². The number of ether oxygens (including phenoxy) is 1. The molecule has 0 saturated heterocycles. The predicted molar refractivity (Wildman–Crippen MR) is 80.3 cm³/mol. The van der Waals surface area contributed by atoms with Crippen molar-refractivity contribution < 1.29 is 9.53 Å². The number of nitrogens with one attached hydrogen (secondary N) is 1. The fourth-order valence-corrected chi connectivity index (χ4v) is 1.99. The fraction of sp³-hybridized carbons (Fsp3) is 0.200. The molecule has 0 aliphatic rings. The summed E-state index contributed by atoms with van der Waals surface area (Å²) in [6.07, 6.45) is 1.13. The van der Waals surface area contributed by atoms with Crippen LogP contribution < -0.4 is 10.1 Å². The van der Waals surface area contributed by atoms with Crippen LogP contribution in [0.15, 0.2) is 53.1 Å². The lowest BCUT2D eigenvalue weighted by atomic mass is 10.3. The van der Waals surface area contributed by atoms with Crippen molar-refractivity contribution in [3.8, 4) is 5.75 Å². The van der Waals surface area contributed by atoms with Gasteiger partial charge in [0.25, 0.3) is 5.91 Å². The molecule has 0 unspecified atom stereocenters. The molecular formula is C15H15BrN2O2. The number of pyridine rings is 1. The summed E-state index contributed by atoms with van der Waals surface area (Å²) < 4.78 is 6.44. The van der Waals surface area contributed by atoms with E-state index in [4.69, 9.17) is 4.74 Å². The van der Waals surface area contributed by atoms with Crippen LogP contribution in [0, 0.1) is 0 Å². The maximum atomic E-state index is 12.0. The Balaban J connectivity index is 1.88. The van der Waals surface area contributed by atoms with E-state index in [0.29, 0.717) is 12.3 Å². The molecule has 0 saturated carbocycles. The van der Waals surface area contributed by atoms with Crippen LogP contribution in [0.2, 0.25) is 0 Å². The summed E-state index contributed by atoms with van der Waals surface area (Å²) in [7, 11) is 0. The normalized spacial score (nSPS) is 11.7. The Labute approximate surface area is 126 Å². The molecule has 4 nitrogen and oxygen atoms in total. The summed E-state index contributed by atoms with van der Waals surface area (Å²) in [6, 6.07) is 13.0. The number of aromatic nitrogens is 1. The Morgan fingerprint density at radius 3 is 2.75 bits per heavy atom. The molecule has 0 radical (unpaired) electrons. The average Bonchev–Trinajstić information content (AvgIpc) is 2.48. The van der Waals surface area contributed by atoms with E-state index >= 15 is 0 Å². The van der Waals surface area contributed by atoms with Gasteiger partial charge in [0.2, 0.25) is 0 Å². The summed E-state index contributed by atoms with van der Waals surface area (Å²) in [5.74, 6) is 0.472. The number of halogens is 1. The number of hydrogen-bond donors (Lipinski definition) is 1. The van der Waals surface area contributed by atoms with Gasteiger partial charge < -0.3 is 10.1 Å². The number of hydrogen-bond acceptors (Lipinski definition) is 3. The first-order chi connectivity index (χ1) is 9.66. The minimum Gasteiger partial charge on any atom is -0.480 e. The van der Waals surface area contributed by atoms with Crippen LogP contribution in [-0.2, 0) is 11.3 Å². The molecule has 104 valence electrons. The molecular weight excluding hydrogens is 320 g/mol. The van der Waals surface area contributed by atoms with Gasteiger partial charge in [-0.2, -0.15) is 0 Å². The van der Waals surface area contributed by atoms with Crippen LogP contribution in [0.4, 0.5) is 0 Å². The number of carbonyl (C=O) groups excluding carboxylic acids is 1. The molecule has 2 aromatic rings. The molecule has 0 fully saturated rings. The van der Waals surface area contributed by atoms with E-state index in [0.717, 1.165) is 10.2 Å². The second kappa shape index (κ2) is 7.05. The molecule has 0 spiro atoms. The molecule has 2 rings (SSSR count). The van der Waals surface area contributed by atoms with Crippen molar-refractivity contribution in [1.29, 1.82) is 0 Å². The van der Waals surface area contributed by atoms with E-state index in [2.05, 4.69) is 26.2 Å². The molecule has 0 aliphatic heterocycles. The summed E-state index contributed by atoms with van der Waals surface area (Å²) in [4.78, 5) is 16.1. The van der Waals surface area contributed by atoms with E-state index in [-0.39, 0.29) is 5.91 Å². The number of amides is 1. The Kier molecular flexibility index (Phi) is 5.12. The molecule has 1 atom stereocenters. The summed E-state index contributed by atoms with van der Waals surface area (Å²) in [5.41, 5.74) is 0.814. The molecule has 1 amide bonds. The van der Waals surface area contributed by atoms with Gasteiger partial charge in [-0.3, -0.25) is 9.78 Å². The molecule has 0 bridgehead atoms. The van der Waals surface area contributed by atoms with Gasteiger partial charge in [-0.1, -0.05) is 18.2 Å². The Bertz CT molecular complexity index is 575. The van der Waals surface area contributed by atoms with Gasteiger partial charge in [0.1, 0.15) is 5.75 Å². The second-order valence-electron chi connectivity index (χ2n) is 4.23. The van der Waals surface area contributed by atoms with Gasteiger partial charge in [-0.05, 0) is 47.1 Å². The third-order valence-corrected chi connectivity index (χ3v) is 3.33. The minimum absolute atomic E-state index is 0.175. The Morgan fingerprint density at radius 2 is 2.05 bits per heavy atom. The van der Waals surface area contributed by atoms with Gasteiger partial charge in [0.15, 0.2) is 6.10 Å². The van der Waals surface area contributed by atoms with Crippen LogP contribution in [0.3, 0.4) is 0 Å². The van der Waals surface area contributed by atoms with E-state index in [1.165, 1.54) is 0 Å². The highest BCUT2D eigenvalue weighted by atomic mass is 79.9. The number of rotatable bonds is 5. The van der Waals surface area contributed by atoms with Crippen molar-refractivity contribution in [2.24, 2.45) is 0 Å². The highest BCUT2D eigenvalue weighted by Crippen LogP contribution is 2.24. The third-order valence-electron chi connectivity index (χ3n) is 2.68. The average molecular weight is 335 g/mol. The SMILES string of the molecule is C[C@@H](Oc1ccccc1Br)C(=O)NCc1ccccn1. The van der Waals surface area contributed by atoms with Crippen LogP contribution in [0.1, 0.15) is 12.6 Å². The van der Waals surface area contributed by atoms with E-state index < -0.39 is 6.10 Å². The largest absolute Gasteiger partial charge is 0.480 e. The first-order valence-electron chi connectivity index (χ1n) is 6.25. The van der Waals surface area contributed by atoms with Crippen molar-refractivity contribution in [1.82, 2.24) is 10.3 Å². The quantitative estimate of drug-likeness (QED) is 0.914. The zero-order chi connectivity index (χ0) is 14.4. The maximum Gasteiger partial charge on any atom is 0.261 e. The minimum atomic E-state index is -0.572. The molecule has 0 aliphatic carbocycles. The van der Waals surface area contributed by atoms with Gasteiger partial charge in [0, 0.05) is 6.20 Å². The number of benzene rings is 1.